The Labute approximate surface area is 150 Å². The molecule has 0 saturated carbocycles. The van der Waals surface area contributed by atoms with Crippen LogP contribution in [0.5, 0.6) is 5.75 Å². The molecular formula is C21H27N3O. The predicted octanol–water partition coefficient (Wildman–Crippen LogP) is 3.31. The molecular weight excluding hydrogens is 310 g/mol. The van der Waals surface area contributed by atoms with Crippen LogP contribution in [-0.4, -0.2) is 35.6 Å². The molecule has 0 bridgehead atoms. The summed E-state index contributed by atoms with van der Waals surface area (Å²) in [6.07, 6.45) is 7.02. The number of nitrogens with zero attached hydrogens (tertiary/aromatic N) is 2. The molecule has 25 heavy (non-hydrogen) atoms. The summed E-state index contributed by atoms with van der Waals surface area (Å²) < 4.78 is 6.08. The molecule has 0 radical (unpaired) electrons. The van der Waals surface area contributed by atoms with Crippen molar-refractivity contribution in [2.24, 2.45) is 5.73 Å². The van der Waals surface area contributed by atoms with E-state index in [9.17, 15) is 0 Å². The van der Waals surface area contributed by atoms with E-state index >= 15 is 0 Å². The number of pyridine rings is 1. The average molecular weight is 337 g/mol. The molecule has 4 heteroatoms. The van der Waals surface area contributed by atoms with Crippen molar-refractivity contribution in [3.63, 3.8) is 0 Å². The van der Waals surface area contributed by atoms with Gasteiger partial charge in [0, 0.05) is 31.3 Å². The lowest BCUT2D eigenvalue weighted by Crippen LogP contribution is -2.29. The molecule has 1 fully saturated rings. The van der Waals surface area contributed by atoms with E-state index in [1.807, 2.05) is 6.20 Å². The van der Waals surface area contributed by atoms with Crippen LogP contribution in [0.4, 0.5) is 0 Å². The standard InChI is InChI=1S/C21H27N3O/c1-15-9-17-11-18(12-22)25-21(17)19(10-15)20-6-5-16(13-23-20)14-24-7-3-2-4-8-24/h5-6,9-10,13,18H,2-4,7-8,11-12,14,22H2,1H3. The van der Waals surface area contributed by atoms with Crippen molar-refractivity contribution in [3.8, 4) is 17.0 Å². The summed E-state index contributed by atoms with van der Waals surface area (Å²) in [7, 11) is 0. The number of hydrogen-bond donors (Lipinski definition) is 1. The molecule has 0 amide bonds. The van der Waals surface area contributed by atoms with Gasteiger partial charge in [-0.05, 0) is 61.7 Å². The van der Waals surface area contributed by atoms with Gasteiger partial charge in [0.05, 0.1) is 5.69 Å². The van der Waals surface area contributed by atoms with Gasteiger partial charge in [-0.2, -0.15) is 0 Å². The monoisotopic (exact) mass is 337 g/mol. The van der Waals surface area contributed by atoms with Gasteiger partial charge >= 0.3 is 0 Å². The van der Waals surface area contributed by atoms with E-state index in [-0.39, 0.29) is 6.10 Å². The fourth-order valence-electron chi connectivity index (χ4n) is 3.97. The summed E-state index contributed by atoms with van der Waals surface area (Å²) in [5.74, 6) is 0.970. The molecule has 1 atom stereocenters. The van der Waals surface area contributed by atoms with Gasteiger partial charge in [-0.15, -0.1) is 0 Å². The van der Waals surface area contributed by atoms with Crippen molar-refractivity contribution in [2.45, 2.75) is 45.3 Å². The number of benzene rings is 1. The molecule has 2 aliphatic heterocycles. The van der Waals surface area contributed by atoms with E-state index in [0.29, 0.717) is 6.54 Å². The molecule has 1 unspecified atom stereocenters. The van der Waals surface area contributed by atoms with Crippen LogP contribution in [0.25, 0.3) is 11.3 Å². The second-order valence-corrected chi connectivity index (χ2v) is 7.37. The van der Waals surface area contributed by atoms with Gasteiger partial charge in [-0.3, -0.25) is 9.88 Å². The third-order valence-corrected chi connectivity index (χ3v) is 5.26. The summed E-state index contributed by atoms with van der Waals surface area (Å²) in [6, 6.07) is 8.72. The Morgan fingerprint density at radius 3 is 2.76 bits per heavy atom. The number of rotatable bonds is 4. The van der Waals surface area contributed by atoms with E-state index in [4.69, 9.17) is 15.5 Å². The third kappa shape index (κ3) is 3.55. The lowest BCUT2D eigenvalue weighted by Gasteiger charge is -2.26. The second kappa shape index (κ2) is 7.14. The van der Waals surface area contributed by atoms with E-state index < -0.39 is 0 Å². The van der Waals surface area contributed by atoms with Gasteiger partial charge in [0.1, 0.15) is 11.9 Å². The van der Waals surface area contributed by atoms with E-state index in [1.54, 1.807) is 0 Å². The van der Waals surface area contributed by atoms with Crippen molar-refractivity contribution < 1.29 is 4.74 Å². The summed E-state index contributed by atoms with van der Waals surface area (Å²) >= 11 is 0. The zero-order chi connectivity index (χ0) is 17.2. The Morgan fingerprint density at radius 2 is 2.04 bits per heavy atom. The van der Waals surface area contributed by atoms with Crippen molar-refractivity contribution >= 4 is 0 Å². The number of ether oxygens (including phenoxy) is 1. The highest BCUT2D eigenvalue weighted by molar-refractivity contribution is 5.71. The Hall–Kier alpha value is -1.91. The van der Waals surface area contributed by atoms with Crippen LogP contribution in [0.15, 0.2) is 30.5 Å². The predicted molar refractivity (Wildman–Crippen MR) is 101 cm³/mol. The number of fused-ring (bicyclic) bond motifs is 1. The summed E-state index contributed by atoms with van der Waals surface area (Å²) in [4.78, 5) is 7.27. The molecule has 2 N–H and O–H groups in total. The summed E-state index contributed by atoms with van der Waals surface area (Å²) in [5, 5.41) is 0. The smallest absolute Gasteiger partial charge is 0.132 e. The third-order valence-electron chi connectivity index (χ3n) is 5.26. The van der Waals surface area contributed by atoms with Gasteiger partial charge in [-0.1, -0.05) is 18.6 Å². The molecule has 132 valence electrons. The number of likely N-dealkylation sites (tertiary alicyclic amines) is 1. The molecule has 4 rings (SSSR count). The first-order valence-electron chi connectivity index (χ1n) is 9.41. The first-order valence-corrected chi connectivity index (χ1v) is 9.41. The number of nitrogens with two attached hydrogens (primary N) is 1. The number of aryl methyl sites for hydroxylation is 1. The minimum Gasteiger partial charge on any atom is -0.488 e. The van der Waals surface area contributed by atoms with Crippen LogP contribution in [-0.2, 0) is 13.0 Å². The van der Waals surface area contributed by atoms with E-state index in [0.717, 1.165) is 30.0 Å². The average Bonchev–Trinajstić information content (AvgIpc) is 3.05. The molecule has 1 saturated heterocycles. The van der Waals surface area contributed by atoms with Crippen LogP contribution in [0, 0.1) is 6.92 Å². The molecule has 0 spiro atoms. The van der Waals surface area contributed by atoms with Crippen LogP contribution in [0.2, 0.25) is 0 Å². The minimum absolute atomic E-state index is 0.0916. The maximum Gasteiger partial charge on any atom is 0.132 e. The Balaban J connectivity index is 1.56. The maximum absolute atomic E-state index is 6.08. The molecule has 1 aromatic heterocycles. The lowest BCUT2D eigenvalue weighted by atomic mass is 10.0. The second-order valence-electron chi connectivity index (χ2n) is 7.37. The quantitative estimate of drug-likeness (QED) is 0.930. The topological polar surface area (TPSA) is 51.4 Å². The summed E-state index contributed by atoms with van der Waals surface area (Å²) in [6.45, 7) is 6.10. The van der Waals surface area contributed by atoms with Crippen LogP contribution in [0.3, 0.4) is 0 Å². The molecule has 3 heterocycles. The maximum atomic E-state index is 6.08. The minimum atomic E-state index is 0.0916. The van der Waals surface area contributed by atoms with Gasteiger partial charge < -0.3 is 10.5 Å². The van der Waals surface area contributed by atoms with Gasteiger partial charge in [-0.25, -0.2) is 0 Å². The molecule has 1 aromatic carbocycles. The molecule has 2 aromatic rings. The van der Waals surface area contributed by atoms with Crippen LogP contribution < -0.4 is 10.5 Å². The number of hydrogen-bond acceptors (Lipinski definition) is 4. The first kappa shape index (κ1) is 16.6. The number of aromatic nitrogens is 1. The van der Waals surface area contributed by atoms with E-state index in [2.05, 4.69) is 36.1 Å². The molecule has 4 nitrogen and oxygen atoms in total. The van der Waals surface area contributed by atoms with Crippen molar-refractivity contribution in [3.05, 3.63) is 47.2 Å². The van der Waals surface area contributed by atoms with E-state index in [1.165, 1.54) is 49.0 Å². The fourth-order valence-corrected chi connectivity index (χ4v) is 3.97. The van der Waals surface area contributed by atoms with Gasteiger partial charge in [0.15, 0.2) is 0 Å². The molecule has 2 aliphatic rings. The number of piperidine rings is 1. The normalized spacial score (nSPS) is 20.3. The highest BCUT2D eigenvalue weighted by Crippen LogP contribution is 2.39. The highest BCUT2D eigenvalue weighted by Gasteiger charge is 2.25. The fraction of sp³-hybridized carbons (Fsp3) is 0.476. The largest absolute Gasteiger partial charge is 0.488 e. The molecule has 0 aliphatic carbocycles. The van der Waals surface area contributed by atoms with Crippen LogP contribution in [0.1, 0.15) is 36.0 Å². The zero-order valence-corrected chi connectivity index (χ0v) is 15.0. The highest BCUT2D eigenvalue weighted by atomic mass is 16.5. The summed E-state index contributed by atoms with van der Waals surface area (Å²) in [5.41, 5.74) is 11.7. The van der Waals surface area contributed by atoms with Gasteiger partial charge in [0.2, 0.25) is 0 Å². The Bertz CT molecular complexity index is 736. The lowest BCUT2D eigenvalue weighted by molar-refractivity contribution is 0.220. The zero-order valence-electron chi connectivity index (χ0n) is 15.0. The van der Waals surface area contributed by atoms with Gasteiger partial charge in [0.25, 0.3) is 0 Å². The van der Waals surface area contributed by atoms with Crippen molar-refractivity contribution in [1.29, 1.82) is 0 Å². The van der Waals surface area contributed by atoms with Crippen LogP contribution >= 0.6 is 0 Å². The SMILES string of the molecule is Cc1cc2c(c(-c3ccc(CN4CCCCC4)cn3)c1)OC(CN)C2. The van der Waals surface area contributed by atoms with Crippen molar-refractivity contribution in [1.82, 2.24) is 9.88 Å². The Kier molecular flexibility index (Phi) is 4.73. The Morgan fingerprint density at radius 1 is 1.20 bits per heavy atom. The van der Waals surface area contributed by atoms with Crippen molar-refractivity contribution in [2.75, 3.05) is 19.6 Å². The first-order chi connectivity index (χ1) is 12.2.